The molecule has 0 radical (unpaired) electrons. The number of benzene rings is 2. The van der Waals surface area contributed by atoms with E-state index in [4.69, 9.17) is 9.47 Å². The number of hydrogen-bond acceptors (Lipinski definition) is 5. The lowest BCUT2D eigenvalue weighted by Gasteiger charge is -2.37. The Bertz CT molecular complexity index is 865. The molecule has 2 heterocycles. The van der Waals surface area contributed by atoms with Crippen LogP contribution >= 0.6 is 0 Å². The van der Waals surface area contributed by atoms with Gasteiger partial charge in [0.25, 0.3) is 5.91 Å². The van der Waals surface area contributed by atoms with Crippen LogP contribution in [0.3, 0.4) is 0 Å². The Balaban J connectivity index is 1.27. The Morgan fingerprint density at radius 1 is 0.966 bits per heavy atom. The van der Waals surface area contributed by atoms with E-state index >= 15 is 0 Å². The Kier molecular flexibility index (Phi) is 5.67. The number of ether oxygens (including phenoxy) is 2. The fourth-order valence-corrected chi connectivity index (χ4v) is 3.56. The van der Waals surface area contributed by atoms with Crippen LogP contribution in [0.15, 0.2) is 54.6 Å². The Morgan fingerprint density at radius 3 is 2.34 bits per heavy atom. The van der Waals surface area contributed by atoms with Crippen LogP contribution in [0.2, 0.25) is 0 Å². The molecule has 0 bridgehead atoms. The number of nitrogens with zero attached hydrogens (tertiary/aromatic N) is 3. The maximum Gasteiger partial charge on any atom is 0.267 e. The molecule has 4 rings (SSSR count). The highest BCUT2D eigenvalue weighted by atomic mass is 16.6. The van der Waals surface area contributed by atoms with Crippen LogP contribution in [0, 0.1) is 0 Å². The number of likely N-dealkylation sites (N-methyl/N-ethyl adjacent to an activating group) is 1. The van der Waals surface area contributed by atoms with E-state index in [1.807, 2.05) is 54.6 Å². The van der Waals surface area contributed by atoms with Crippen LogP contribution in [-0.4, -0.2) is 74.1 Å². The van der Waals surface area contributed by atoms with Crippen LogP contribution in [0.1, 0.15) is 0 Å². The van der Waals surface area contributed by atoms with Gasteiger partial charge in [-0.2, -0.15) is 0 Å². The Morgan fingerprint density at radius 2 is 1.62 bits per heavy atom. The molecule has 1 fully saturated rings. The molecule has 7 nitrogen and oxygen atoms in total. The van der Waals surface area contributed by atoms with Gasteiger partial charge in [-0.3, -0.25) is 14.5 Å². The number of amides is 2. The number of hydrogen-bond donors (Lipinski definition) is 0. The molecule has 2 amide bonds. The highest BCUT2D eigenvalue weighted by Gasteiger charge is 2.33. The highest BCUT2D eigenvalue weighted by molar-refractivity contribution is 5.94. The monoisotopic (exact) mass is 395 g/mol. The minimum Gasteiger partial charge on any atom is -0.485 e. The average molecular weight is 395 g/mol. The second-order valence-corrected chi connectivity index (χ2v) is 7.25. The summed E-state index contributed by atoms with van der Waals surface area (Å²) in [5.41, 5.74) is 0.876. The van der Waals surface area contributed by atoms with E-state index in [9.17, 15) is 9.59 Å². The quantitative estimate of drug-likeness (QED) is 0.788. The van der Waals surface area contributed by atoms with Gasteiger partial charge in [0, 0.05) is 38.9 Å². The summed E-state index contributed by atoms with van der Waals surface area (Å²) in [4.78, 5) is 30.9. The van der Waals surface area contributed by atoms with Crippen molar-refractivity contribution < 1.29 is 19.1 Å². The first-order chi connectivity index (χ1) is 14.1. The smallest absolute Gasteiger partial charge is 0.267 e. The molecule has 7 heteroatoms. The molecule has 2 aliphatic rings. The Hall–Kier alpha value is -3.06. The van der Waals surface area contributed by atoms with Crippen molar-refractivity contribution in [2.24, 2.45) is 0 Å². The van der Waals surface area contributed by atoms with Crippen molar-refractivity contribution in [1.82, 2.24) is 9.80 Å². The summed E-state index contributed by atoms with van der Waals surface area (Å²) in [6.07, 6.45) is -0.623. The molecule has 1 saturated heterocycles. The lowest BCUT2D eigenvalue weighted by atomic mass is 10.2. The lowest BCUT2D eigenvalue weighted by Crippen LogP contribution is -2.55. The third kappa shape index (κ3) is 4.35. The molecule has 0 spiro atoms. The molecule has 0 unspecified atom stereocenters. The van der Waals surface area contributed by atoms with E-state index in [0.29, 0.717) is 44.2 Å². The molecular weight excluding hydrogens is 370 g/mol. The summed E-state index contributed by atoms with van der Waals surface area (Å²) < 4.78 is 11.5. The number of piperazine rings is 1. The maximum atomic E-state index is 12.8. The normalized spacial score (nSPS) is 18.9. The van der Waals surface area contributed by atoms with Crippen molar-refractivity contribution in [1.29, 1.82) is 0 Å². The van der Waals surface area contributed by atoms with Gasteiger partial charge in [0.1, 0.15) is 6.61 Å². The maximum absolute atomic E-state index is 12.8. The molecule has 2 aliphatic heterocycles. The summed E-state index contributed by atoms with van der Waals surface area (Å²) in [5, 5.41) is 0. The average Bonchev–Trinajstić information content (AvgIpc) is 2.79. The van der Waals surface area contributed by atoms with E-state index in [-0.39, 0.29) is 18.4 Å². The Labute approximate surface area is 170 Å². The predicted molar refractivity (Wildman–Crippen MR) is 109 cm³/mol. The van der Waals surface area contributed by atoms with E-state index in [1.54, 1.807) is 16.8 Å². The van der Waals surface area contributed by atoms with Crippen molar-refractivity contribution in [3.05, 3.63) is 54.6 Å². The molecule has 152 valence electrons. The molecule has 0 aromatic heterocycles. The zero-order valence-electron chi connectivity index (χ0n) is 16.5. The zero-order valence-corrected chi connectivity index (χ0v) is 16.5. The van der Waals surface area contributed by atoms with E-state index < -0.39 is 6.10 Å². The fourth-order valence-electron chi connectivity index (χ4n) is 3.56. The summed E-state index contributed by atoms with van der Waals surface area (Å²) >= 11 is 0. The molecule has 2 aromatic rings. The van der Waals surface area contributed by atoms with Crippen molar-refractivity contribution in [3.8, 4) is 11.5 Å². The van der Waals surface area contributed by atoms with Crippen molar-refractivity contribution in [3.63, 3.8) is 0 Å². The van der Waals surface area contributed by atoms with Crippen LogP contribution in [-0.2, 0) is 9.59 Å². The van der Waals surface area contributed by atoms with Crippen LogP contribution in [0.4, 0.5) is 5.69 Å². The molecular formula is C22H25N3O4. The summed E-state index contributed by atoms with van der Waals surface area (Å²) in [6.45, 7) is 3.01. The molecule has 1 atom stereocenters. The molecule has 0 saturated carbocycles. The first-order valence-corrected chi connectivity index (χ1v) is 9.83. The number of rotatable bonds is 4. The summed E-state index contributed by atoms with van der Waals surface area (Å²) in [5.74, 6) is 1.25. The van der Waals surface area contributed by atoms with Gasteiger partial charge in [-0.05, 0) is 24.3 Å². The first kappa shape index (κ1) is 19.3. The van der Waals surface area contributed by atoms with E-state index in [2.05, 4.69) is 4.90 Å². The standard InChI is InChI=1S/C22H25N3O4/c1-23(17-7-3-2-4-8-17)21(26)15-24-11-13-25(14-12-24)22(27)20-16-28-18-9-5-6-10-19(18)29-20/h2-10,20H,11-16H2,1H3/t20-/m1/s1. The second kappa shape index (κ2) is 8.53. The number of carbonyl (C=O) groups excluding carboxylic acids is 2. The predicted octanol–water partition coefficient (Wildman–Crippen LogP) is 1.63. The molecule has 0 aliphatic carbocycles. The third-order valence-electron chi connectivity index (χ3n) is 5.34. The van der Waals surface area contributed by atoms with E-state index in [0.717, 1.165) is 5.69 Å². The molecule has 29 heavy (non-hydrogen) atoms. The van der Waals surface area contributed by atoms with Gasteiger partial charge in [-0.15, -0.1) is 0 Å². The summed E-state index contributed by atoms with van der Waals surface area (Å²) in [7, 11) is 1.79. The van der Waals surface area contributed by atoms with Crippen molar-refractivity contribution in [2.45, 2.75) is 6.10 Å². The van der Waals surface area contributed by atoms with Crippen LogP contribution in [0.5, 0.6) is 11.5 Å². The van der Waals surface area contributed by atoms with Gasteiger partial charge in [0.2, 0.25) is 12.0 Å². The van der Waals surface area contributed by atoms with Gasteiger partial charge in [0.15, 0.2) is 11.5 Å². The zero-order chi connectivity index (χ0) is 20.2. The number of fused-ring (bicyclic) bond motifs is 1. The summed E-state index contributed by atoms with van der Waals surface area (Å²) in [6, 6.07) is 17.0. The third-order valence-corrected chi connectivity index (χ3v) is 5.34. The van der Waals surface area contributed by atoms with Gasteiger partial charge < -0.3 is 19.3 Å². The molecule has 0 N–H and O–H groups in total. The minimum atomic E-state index is -0.623. The highest BCUT2D eigenvalue weighted by Crippen LogP contribution is 2.31. The SMILES string of the molecule is CN(C(=O)CN1CCN(C(=O)[C@H]2COc3ccccc3O2)CC1)c1ccccc1. The number of para-hydroxylation sites is 3. The largest absolute Gasteiger partial charge is 0.485 e. The van der Waals surface area contributed by atoms with Crippen molar-refractivity contribution in [2.75, 3.05) is 51.3 Å². The minimum absolute atomic E-state index is 0.0385. The van der Waals surface area contributed by atoms with E-state index in [1.165, 1.54) is 0 Å². The fraction of sp³-hybridized carbons (Fsp3) is 0.364. The number of anilines is 1. The number of carbonyl (C=O) groups is 2. The first-order valence-electron chi connectivity index (χ1n) is 9.83. The van der Waals surface area contributed by atoms with Gasteiger partial charge >= 0.3 is 0 Å². The van der Waals surface area contributed by atoms with Crippen LogP contribution in [0.25, 0.3) is 0 Å². The lowest BCUT2D eigenvalue weighted by molar-refractivity contribution is -0.143. The molecule has 2 aromatic carbocycles. The van der Waals surface area contributed by atoms with Gasteiger partial charge in [0.05, 0.1) is 6.54 Å². The van der Waals surface area contributed by atoms with Gasteiger partial charge in [-0.1, -0.05) is 30.3 Å². The van der Waals surface area contributed by atoms with Crippen LogP contribution < -0.4 is 14.4 Å². The topological polar surface area (TPSA) is 62.3 Å². The van der Waals surface area contributed by atoms with Crippen molar-refractivity contribution >= 4 is 17.5 Å². The second-order valence-electron chi connectivity index (χ2n) is 7.25. The van der Waals surface area contributed by atoms with Gasteiger partial charge in [-0.25, -0.2) is 0 Å².